The monoisotopic (exact) mass is 401 g/mol. The van der Waals surface area contributed by atoms with E-state index in [1.54, 1.807) is 19.1 Å². The summed E-state index contributed by atoms with van der Waals surface area (Å²) in [4.78, 5) is 47.1. The fraction of sp³-hybridized carbons (Fsp3) is 0.263. The van der Waals surface area contributed by atoms with Crippen LogP contribution in [0.25, 0.3) is 6.08 Å². The lowest BCUT2D eigenvalue weighted by Gasteiger charge is -2.09. The van der Waals surface area contributed by atoms with Gasteiger partial charge in [0.15, 0.2) is 0 Å². The average molecular weight is 401 g/mol. The SMILES string of the molecule is Cc1nc(C)c(/C=C/C(=O)Oc2ccccc2C(=O)OCCO[N+](=O)[O-])nc1C. The van der Waals surface area contributed by atoms with Gasteiger partial charge in [-0.05, 0) is 39.0 Å². The number of nitrogens with zero attached hydrogens (tertiary/aromatic N) is 3. The van der Waals surface area contributed by atoms with Crippen LogP contribution in [0.4, 0.5) is 0 Å². The number of esters is 2. The summed E-state index contributed by atoms with van der Waals surface area (Å²) < 4.78 is 10.1. The minimum atomic E-state index is -0.989. The number of aryl methyl sites for hydroxylation is 3. The summed E-state index contributed by atoms with van der Waals surface area (Å²) in [5.74, 6) is -1.54. The first-order chi connectivity index (χ1) is 13.8. The number of hydrogen-bond acceptors (Lipinski definition) is 9. The van der Waals surface area contributed by atoms with Crippen LogP contribution in [0.1, 0.15) is 33.1 Å². The van der Waals surface area contributed by atoms with Crippen LogP contribution in [0.3, 0.4) is 0 Å². The number of carbonyl (C=O) groups is 2. The summed E-state index contributed by atoms with van der Waals surface area (Å²) in [6.07, 6.45) is 2.66. The Balaban J connectivity index is 2.04. The van der Waals surface area contributed by atoms with Crippen LogP contribution >= 0.6 is 0 Å². The van der Waals surface area contributed by atoms with E-state index in [1.807, 2.05) is 13.8 Å². The Morgan fingerprint density at radius 1 is 1.07 bits per heavy atom. The van der Waals surface area contributed by atoms with Gasteiger partial charge in [0, 0.05) is 6.08 Å². The molecule has 0 aliphatic carbocycles. The van der Waals surface area contributed by atoms with Crippen molar-refractivity contribution in [3.63, 3.8) is 0 Å². The molecule has 1 heterocycles. The number of benzene rings is 1. The second kappa shape index (κ2) is 9.93. The zero-order valence-corrected chi connectivity index (χ0v) is 16.1. The highest BCUT2D eigenvalue weighted by Crippen LogP contribution is 2.19. The van der Waals surface area contributed by atoms with Gasteiger partial charge in [0.05, 0.1) is 22.8 Å². The van der Waals surface area contributed by atoms with Crippen molar-refractivity contribution in [2.24, 2.45) is 0 Å². The van der Waals surface area contributed by atoms with E-state index < -0.39 is 23.6 Å². The second-order valence-corrected chi connectivity index (χ2v) is 5.81. The first-order valence-corrected chi connectivity index (χ1v) is 8.53. The van der Waals surface area contributed by atoms with Gasteiger partial charge in [0.2, 0.25) is 0 Å². The van der Waals surface area contributed by atoms with E-state index in [-0.39, 0.29) is 17.9 Å². The first-order valence-electron chi connectivity index (χ1n) is 8.53. The number of para-hydroxylation sites is 1. The first kappa shape index (κ1) is 21.5. The summed E-state index contributed by atoms with van der Waals surface area (Å²) in [6.45, 7) is 4.71. The number of carbonyl (C=O) groups excluding carboxylic acids is 2. The molecule has 0 bridgehead atoms. The van der Waals surface area contributed by atoms with Gasteiger partial charge in [-0.3, -0.25) is 4.98 Å². The van der Waals surface area contributed by atoms with Crippen molar-refractivity contribution < 1.29 is 29.0 Å². The van der Waals surface area contributed by atoms with Gasteiger partial charge < -0.3 is 14.3 Å². The molecule has 0 aliphatic heterocycles. The molecule has 2 aromatic rings. The molecule has 10 heteroatoms. The van der Waals surface area contributed by atoms with Gasteiger partial charge in [-0.1, -0.05) is 12.1 Å². The fourth-order valence-corrected chi connectivity index (χ4v) is 2.23. The predicted octanol–water partition coefficient (Wildman–Crippen LogP) is 2.39. The third kappa shape index (κ3) is 6.38. The molecule has 0 spiro atoms. The summed E-state index contributed by atoms with van der Waals surface area (Å²) in [7, 11) is 0. The standard InChI is InChI=1S/C19H19N3O7/c1-12-13(2)21-16(14(3)20-12)8-9-18(23)29-17-7-5-4-6-15(17)19(24)27-10-11-28-22(25)26/h4-9H,10-11H2,1-3H3/b9-8+. The molecule has 0 aliphatic rings. The lowest BCUT2D eigenvalue weighted by Crippen LogP contribution is -2.15. The Labute approximate surface area is 166 Å². The quantitative estimate of drug-likeness (QED) is 0.163. The maximum absolute atomic E-state index is 12.2. The molecule has 0 atom stereocenters. The van der Waals surface area contributed by atoms with Crippen LogP contribution < -0.4 is 4.74 Å². The van der Waals surface area contributed by atoms with E-state index in [0.717, 1.165) is 11.4 Å². The number of rotatable bonds is 8. The molecule has 1 aromatic carbocycles. The second-order valence-electron chi connectivity index (χ2n) is 5.81. The van der Waals surface area contributed by atoms with Crippen LogP contribution in [-0.2, 0) is 14.4 Å². The Morgan fingerprint density at radius 2 is 1.76 bits per heavy atom. The Bertz CT molecular complexity index is 957. The van der Waals surface area contributed by atoms with Crippen molar-refractivity contribution >= 4 is 18.0 Å². The third-order valence-electron chi connectivity index (χ3n) is 3.73. The van der Waals surface area contributed by atoms with E-state index in [2.05, 4.69) is 14.8 Å². The molecule has 0 saturated heterocycles. The van der Waals surface area contributed by atoms with Crippen LogP contribution in [0.15, 0.2) is 30.3 Å². The Hall–Kier alpha value is -3.82. The summed E-state index contributed by atoms with van der Waals surface area (Å²) >= 11 is 0. The summed E-state index contributed by atoms with van der Waals surface area (Å²) in [5.41, 5.74) is 2.75. The fourth-order valence-electron chi connectivity index (χ4n) is 2.23. The maximum atomic E-state index is 12.2. The molecule has 0 saturated carbocycles. The Morgan fingerprint density at radius 3 is 2.48 bits per heavy atom. The van der Waals surface area contributed by atoms with Gasteiger partial charge in [-0.2, -0.15) is 0 Å². The highest BCUT2D eigenvalue weighted by molar-refractivity contribution is 5.95. The van der Waals surface area contributed by atoms with E-state index in [4.69, 9.17) is 9.47 Å². The van der Waals surface area contributed by atoms with E-state index in [9.17, 15) is 19.7 Å². The van der Waals surface area contributed by atoms with Crippen molar-refractivity contribution in [1.82, 2.24) is 9.97 Å². The van der Waals surface area contributed by atoms with Gasteiger partial charge in [0.25, 0.3) is 5.09 Å². The zero-order chi connectivity index (χ0) is 21.4. The smallest absolute Gasteiger partial charge is 0.342 e. The minimum Gasteiger partial charge on any atom is -0.460 e. The molecule has 0 radical (unpaired) electrons. The number of ether oxygens (including phenoxy) is 2. The van der Waals surface area contributed by atoms with E-state index >= 15 is 0 Å². The largest absolute Gasteiger partial charge is 0.460 e. The highest BCUT2D eigenvalue weighted by atomic mass is 17.0. The van der Waals surface area contributed by atoms with E-state index in [1.165, 1.54) is 24.3 Å². The van der Waals surface area contributed by atoms with E-state index in [0.29, 0.717) is 11.4 Å². The lowest BCUT2D eigenvalue weighted by molar-refractivity contribution is -0.757. The molecule has 1 aromatic heterocycles. The molecule has 29 heavy (non-hydrogen) atoms. The molecular formula is C19H19N3O7. The van der Waals surface area contributed by atoms with Crippen LogP contribution in [-0.4, -0.2) is 40.2 Å². The molecule has 0 N–H and O–H groups in total. The zero-order valence-electron chi connectivity index (χ0n) is 16.1. The van der Waals surface area contributed by atoms with Crippen molar-refractivity contribution in [2.75, 3.05) is 13.2 Å². The minimum absolute atomic E-state index is 0.00231. The molecule has 2 rings (SSSR count). The van der Waals surface area contributed by atoms with Gasteiger partial charge >= 0.3 is 11.9 Å². The van der Waals surface area contributed by atoms with Gasteiger partial charge in [-0.15, -0.1) is 10.1 Å². The number of aromatic nitrogens is 2. The highest BCUT2D eigenvalue weighted by Gasteiger charge is 2.15. The predicted molar refractivity (Wildman–Crippen MR) is 101 cm³/mol. The molecular weight excluding hydrogens is 382 g/mol. The molecule has 0 fully saturated rings. The lowest BCUT2D eigenvalue weighted by atomic mass is 10.2. The molecule has 10 nitrogen and oxygen atoms in total. The summed E-state index contributed by atoms with van der Waals surface area (Å²) in [6, 6.07) is 5.97. The molecule has 152 valence electrons. The molecule has 0 unspecified atom stereocenters. The third-order valence-corrected chi connectivity index (χ3v) is 3.73. The van der Waals surface area contributed by atoms with Crippen molar-refractivity contribution in [2.45, 2.75) is 20.8 Å². The van der Waals surface area contributed by atoms with Crippen LogP contribution in [0, 0.1) is 30.9 Å². The average Bonchev–Trinajstić information content (AvgIpc) is 2.67. The topological polar surface area (TPSA) is 131 Å². The van der Waals surface area contributed by atoms with Crippen LogP contribution in [0.2, 0.25) is 0 Å². The van der Waals surface area contributed by atoms with Crippen molar-refractivity contribution in [3.8, 4) is 5.75 Å². The van der Waals surface area contributed by atoms with Crippen molar-refractivity contribution in [1.29, 1.82) is 0 Å². The summed E-state index contributed by atoms with van der Waals surface area (Å²) in [5, 5.41) is 9.09. The van der Waals surface area contributed by atoms with Gasteiger partial charge in [-0.25, -0.2) is 14.6 Å². The number of hydrogen-bond donors (Lipinski definition) is 0. The van der Waals surface area contributed by atoms with Crippen molar-refractivity contribution in [3.05, 3.63) is 68.8 Å². The van der Waals surface area contributed by atoms with Gasteiger partial charge in [0.1, 0.15) is 24.5 Å². The normalized spacial score (nSPS) is 10.6. The maximum Gasteiger partial charge on any atom is 0.342 e. The molecule has 0 amide bonds. The van der Waals surface area contributed by atoms with Crippen LogP contribution in [0.5, 0.6) is 5.75 Å². The Kier molecular flexibility index (Phi) is 7.35.